The summed E-state index contributed by atoms with van der Waals surface area (Å²) in [5.41, 5.74) is 0.485. The third kappa shape index (κ3) is 6.27. The molecular formula is C16H20N2O4. The molecule has 6 nitrogen and oxygen atoms in total. The van der Waals surface area contributed by atoms with Crippen LogP contribution < -0.4 is 5.32 Å². The molecule has 0 fully saturated rings. The number of ether oxygens (including phenoxy) is 1. The fourth-order valence-electron chi connectivity index (χ4n) is 1.93. The Morgan fingerprint density at radius 2 is 2.00 bits per heavy atom. The van der Waals surface area contributed by atoms with Crippen LogP contribution in [0.2, 0.25) is 0 Å². The molecule has 1 atom stereocenters. The lowest BCUT2D eigenvalue weighted by atomic mass is 9.99. The number of carboxylic acids is 1. The van der Waals surface area contributed by atoms with Gasteiger partial charge in [-0.1, -0.05) is 18.2 Å². The molecular weight excluding hydrogens is 284 g/mol. The van der Waals surface area contributed by atoms with E-state index in [1.54, 1.807) is 45.0 Å². The minimum atomic E-state index is -1.03. The lowest BCUT2D eigenvalue weighted by molar-refractivity contribution is -0.137. The highest BCUT2D eigenvalue weighted by molar-refractivity contribution is 5.71. The van der Waals surface area contributed by atoms with E-state index < -0.39 is 23.7 Å². The Hall–Kier alpha value is -2.55. The van der Waals surface area contributed by atoms with E-state index in [0.717, 1.165) is 0 Å². The SMILES string of the molecule is CC(C)(C)OC(=O)N[C@@H](CC(=O)O)Cc1ccccc1C#N. The summed E-state index contributed by atoms with van der Waals surface area (Å²) in [7, 11) is 0. The van der Waals surface area contributed by atoms with Gasteiger partial charge >= 0.3 is 12.1 Å². The van der Waals surface area contributed by atoms with Crippen LogP contribution in [0.1, 0.15) is 38.3 Å². The normalized spacial score (nSPS) is 12.1. The number of carbonyl (C=O) groups excluding carboxylic acids is 1. The summed E-state index contributed by atoms with van der Waals surface area (Å²) in [5.74, 6) is -1.03. The fraction of sp³-hybridized carbons (Fsp3) is 0.438. The number of carboxylic acid groups (broad SMARTS) is 1. The Morgan fingerprint density at radius 3 is 2.55 bits per heavy atom. The Bertz CT molecular complexity index is 585. The van der Waals surface area contributed by atoms with Crippen molar-refractivity contribution in [3.63, 3.8) is 0 Å². The first-order chi connectivity index (χ1) is 10.2. The van der Waals surface area contributed by atoms with Gasteiger partial charge in [0.05, 0.1) is 18.1 Å². The number of benzene rings is 1. The van der Waals surface area contributed by atoms with Crippen LogP contribution in [0.15, 0.2) is 24.3 Å². The van der Waals surface area contributed by atoms with E-state index in [0.29, 0.717) is 11.1 Å². The van der Waals surface area contributed by atoms with Gasteiger partial charge in [0.2, 0.25) is 0 Å². The average Bonchev–Trinajstić information content (AvgIpc) is 2.36. The third-order valence-electron chi connectivity index (χ3n) is 2.75. The summed E-state index contributed by atoms with van der Waals surface area (Å²) in [4.78, 5) is 22.8. The Morgan fingerprint density at radius 1 is 1.36 bits per heavy atom. The van der Waals surface area contributed by atoms with E-state index in [2.05, 4.69) is 11.4 Å². The molecule has 0 aromatic heterocycles. The van der Waals surface area contributed by atoms with E-state index in [4.69, 9.17) is 15.1 Å². The van der Waals surface area contributed by atoms with Crippen molar-refractivity contribution in [1.29, 1.82) is 5.26 Å². The van der Waals surface area contributed by atoms with E-state index in [1.165, 1.54) is 0 Å². The van der Waals surface area contributed by atoms with E-state index in [-0.39, 0.29) is 12.8 Å². The van der Waals surface area contributed by atoms with Gasteiger partial charge in [-0.05, 0) is 38.8 Å². The van der Waals surface area contributed by atoms with E-state index >= 15 is 0 Å². The highest BCUT2D eigenvalue weighted by atomic mass is 16.6. The molecule has 2 N–H and O–H groups in total. The van der Waals surface area contributed by atoms with Crippen LogP contribution in [0.5, 0.6) is 0 Å². The number of nitrogens with zero attached hydrogens (tertiary/aromatic N) is 1. The largest absolute Gasteiger partial charge is 0.481 e. The van der Waals surface area contributed by atoms with Crippen LogP contribution in [-0.2, 0) is 16.0 Å². The topological polar surface area (TPSA) is 99.4 Å². The van der Waals surface area contributed by atoms with Gasteiger partial charge in [-0.15, -0.1) is 0 Å². The summed E-state index contributed by atoms with van der Waals surface area (Å²) in [6.45, 7) is 5.18. The number of carbonyl (C=O) groups is 2. The number of alkyl carbamates (subject to hydrolysis) is 1. The maximum atomic E-state index is 11.8. The van der Waals surface area contributed by atoms with Crippen LogP contribution in [0, 0.1) is 11.3 Å². The van der Waals surface area contributed by atoms with Crippen LogP contribution >= 0.6 is 0 Å². The van der Waals surface area contributed by atoms with Crippen molar-refractivity contribution in [2.75, 3.05) is 0 Å². The van der Waals surface area contributed by atoms with Crippen molar-refractivity contribution in [1.82, 2.24) is 5.32 Å². The second-order valence-corrected chi connectivity index (χ2v) is 5.91. The number of nitriles is 1. The zero-order valence-corrected chi connectivity index (χ0v) is 12.9. The molecule has 0 bridgehead atoms. The third-order valence-corrected chi connectivity index (χ3v) is 2.75. The highest BCUT2D eigenvalue weighted by Gasteiger charge is 2.22. The Balaban J connectivity index is 2.83. The standard InChI is InChI=1S/C16H20N2O4/c1-16(2,3)22-15(21)18-13(9-14(19)20)8-11-6-4-5-7-12(11)10-17/h4-7,13H,8-9H2,1-3H3,(H,18,21)(H,19,20)/t13-/m1/s1. The first kappa shape index (κ1) is 17.5. The zero-order valence-electron chi connectivity index (χ0n) is 12.9. The molecule has 0 spiro atoms. The quantitative estimate of drug-likeness (QED) is 0.870. The number of hydrogen-bond acceptors (Lipinski definition) is 4. The van der Waals surface area contributed by atoms with Crippen molar-refractivity contribution >= 4 is 12.1 Å². The van der Waals surface area contributed by atoms with Gasteiger partial charge in [0.25, 0.3) is 0 Å². The summed E-state index contributed by atoms with van der Waals surface area (Å²) < 4.78 is 5.14. The number of aliphatic carboxylic acids is 1. The number of amides is 1. The highest BCUT2D eigenvalue weighted by Crippen LogP contribution is 2.13. The van der Waals surface area contributed by atoms with E-state index in [1.807, 2.05) is 0 Å². The number of nitrogens with one attached hydrogen (secondary N) is 1. The first-order valence-corrected chi connectivity index (χ1v) is 6.90. The van der Waals surface area contributed by atoms with Crippen LogP contribution in [0.25, 0.3) is 0 Å². The van der Waals surface area contributed by atoms with Crippen molar-refractivity contribution < 1.29 is 19.4 Å². The molecule has 1 amide bonds. The van der Waals surface area contributed by atoms with Gasteiger partial charge in [-0.2, -0.15) is 5.26 Å². The Labute approximate surface area is 129 Å². The lowest BCUT2D eigenvalue weighted by Gasteiger charge is -2.23. The van der Waals surface area contributed by atoms with Gasteiger partial charge in [0.15, 0.2) is 0 Å². The summed E-state index contributed by atoms with van der Waals surface area (Å²) in [5, 5.41) is 20.6. The minimum Gasteiger partial charge on any atom is -0.481 e. The van der Waals surface area contributed by atoms with Crippen molar-refractivity contribution in [2.45, 2.75) is 45.3 Å². The van der Waals surface area contributed by atoms with E-state index in [9.17, 15) is 9.59 Å². The molecule has 0 unspecified atom stereocenters. The molecule has 1 aromatic carbocycles. The number of rotatable bonds is 5. The van der Waals surface area contributed by atoms with Gasteiger partial charge in [-0.25, -0.2) is 4.79 Å². The average molecular weight is 304 g/mol. The molecule has 1 rings (SSSR count). The molecule has 0 radical (unpaired) electrons. The lowest BCUT2D eigenvalue weighted by Crippen LogP contribution is -2.41. The fourth-order valence-corrected chi connectivity index (χ4v) is 1.93. The molecule has 0 saturated carbocycles. The van der Waals surface area contributed by atoms with Gasteiger partial charge in [-0.3, -0.25) is 4.79 Å². The molecule has 22 heavy (non-hydrogen) atoms. The van der Waals surface area contributed by atoms with Gasteiger partial charge in [0, 0.05) is 6.04 Å². The first-order valence-electron chi connectivity index (χ1n) is 6.90. The van der Waals surface area contributed by atoms with Crippen LogP contribution in [0.3, 0.4) is 0 Å². The molecule has 0 heterocycles. The molecule has 0 aliphatic rings. The summed E-state index contributed by atoms with van der Waals surface area (Å²) in [6.07, 6.45) is -0.679. The van der Waals surface area contributed by atoms with Crippen molar-refractivity contribution in [3.05, 3.63) is 35.4 Å². The Kier molecular flexibility index (Phi) is 5.93. The maximum absolute atomic E-state index is 11.8. The molecule has 118 valence electrons. The monoisotopic (exact) mass is 304 g/mol. The molecule has 0 aliphatic carbocycles. The smallest absolute Gasteiger partial charge is 0.407 e. The van der Waals surface area contributed by atoms with Gasteiger partial charge < -0.3 is 15.2 Å². The van der Waals surface area contributed by atoms with Crippen molar-refractivity contribution in [2.24, 2.45) is 0 Å². The zero-order chi connectivity index (χ0) is 16.8. The summed E-state index contributed by atoms with van der Waals surface area (Å²) >= 11 is 0. The number of hydrogen-bond donors (Lipinski definition) is 2. The van der Waals surface area contributed by atoms with Gasteiger partial charge in [0.1, 0.15) is 5.60 Å². The second kappa shape index (κ2) is 7.46. The predicted molar refractivity (Wildman–Crippen MR) is 80.3 cm³/mol. The molecule has 6 heteroatoms. The molecule has 0 aliphatic heterocycles. The van der Waals surface area contributed by atoms with Crippen LogP contribution in [0.4, 0.5) is 4.79 Å². The molecule has 0 saturated heterocycles. The predicted octanol–water partition coefficient (Wildman–Crippen LogP) is 2.47. The second-order valence-electron chi connectivity index (χ2n) is 5.91. The maximum Gasteiger partial charge on any atom is 0.407 e. The summed E-state index contributed by atoms with van der Waals surface area (Å²) in [6, 6.07) is 8.29. The molecule has 1 aromatic rings. The minimum absolute atomic E-state index is 0.245. The van der Waals surface area contributed by atoms with Crippen LogP contribution in [-0.4, -0.2) is 28.8 Å². The van der Waals surface area contributed by atoms with Crippen molar-refractivity contribution in [3.8, 4) is 6.07 Å².